The minimum atomic E-state index is -1.62. The van der Waals surface area contributed by atoms with E-state index in [1.54, 1.807) is 0 Å². The summed E-state index contributed by atoms with van der Waals surface area (Å²) in [6, 6.07) is 0. The Labute approximate surface area is 109 Å². The molecule has 0 aliphatic carbocycles. The van der Waals surface area contributed by atoms with Gasteiger partial charge in [0.25, 0.3) is 0 Å². The normalized spacial score (nSPS) is 11.1. The summed E-state index contributed by atoms with van der Waals surface area (Å²) in [4.78, 5) is 30.3. The van der Waals surface area contributed by atoms with Crippen LogP contribution in [0.15, 0.2) is 0 Å². The maximum atomic E-state index is 10.3. The Morgan fingerprint density at radius 2 is 1.57 bits per heavy atom. The van der Waals surface area contributed by atoms with Crippen molar-refractivity contribution in [3.8, 4) is 0 Å². The van der Waals surface area contributed by atoms with Crippen LogP contribution in [-0.4, -0.2) is 83.7 Å². The Kier molecular flexibility index (Phi) is 9.16. The average Bonchev–Trinajstić information content (AvgIpc) is 1.96. The number of hydrogen-bond donors (Lipinski definition) is 3. The van der Waals surface area contributed by atoms with Crippen molar-refractivity contribution in [3.63, 3.8) is 0 Å². The summed E-state index contributed by atoms with van der Waals surface area (Å²) in [5.41, 5.74) is 0. The molecule has 0 saturated heterocycles. The molecule has 14 heavy (non-hydrogen) atoms. The molecule has 0 rings (SSSR count). The van der Waals surface area contributed by atoms with E-state index in [0.717, 1.165) is 0 Å². The van der Waals surface area contributed by atoms with Crippen molar-refractivity contribution >= 4 is 55.6 Å². The van der Waals surface area contributed by atoms with Gasteiger partial charge < -0.3 is 20.1 Å². The van der Waals surface area contributed by atoms with E-state index in [4.69, 9.17) is 15.3 Å². The molecule has 0 amide bonds. The molecule has 78 valence electrons. The van der Waals surface area contributed by atoms with E-state index in [-0.39, 0.29) is 37.7 Å². The molecular weight excluding hydrogens is 224 g/mol. The van der Waals surface area contributed by atoms with Gasteiger partial charge in [-0.3, -0.25) is 4.79 Å². The summed E-state index contributed by atoms with van der Waals surface area (Å²) < 4.78 is 4.30. The van der Waals surface area contributed by atoms with Crippen LogP contribution >= 0.6 is 0 Å². The van der Waals surface area contributed by atoms with E-state index in [2.05, 4.69) is 4.74 Å². The van der Waals surface area contributed by atoms with Crippen LogP contribution in [0.25, 0.3) is 0 Å². The molecule has 1 atom stereocenters. The van der Waals surface area contributed by atoms with Crippen LogP contribution < -0.4 is 0 Å². The Bertz CT molecular complexity index is 226. The predicted octanol–water partition coefficient (Wildman–Crippen LogP) is -1.90. The second kappa shape index (κ2) is 7.98. The van der Waals surface area contributed by atoms with Gasteiger partial charge in [0.05, 0.1) is 6.42 Å². The Morgan fingerprint density at radius 3 is 1.86 bits per heavy atom. The standard InChI is InChI=1S/C6H8O7.Ca.2H/c7-4(8)1-3(6(11)12)13-2-5(9)10;;;/h3H,1-2H2,(H,7,8)(H,9,10)(H,11,12);;;. The zero-order chi connectivity index (χ0) is 10.4. The molecule has 0 aromatic heterocycles. The van der Waals surface area contributed by atoms with Gasteiger partial charge in [-0.15, -0.1) is 0 Å². The Hall–Kier alpha value is -0.370. The molecule has 8 heteroatoms. The van der Waals surface area contributed by atoms with Gasteiger partial charge in [-0.25, -0.2) is 9.59 Å². The van der Waals surface area contributed by atoms with Gasteiger partial charge in [0, 0.05) is 0 Å². The van der Waals surface area contributed by atoms with Crippen LogP contribution in [0.5, 0.6) is 0 Å². The number of aliphatic carboxylic acids is 3. The second-order valence-corrected chi connectivity index (χ2v) is 2.13. The van der Waals surface area contributed by atoms with Gasteiger partial charge in [0.1, 0.15) is 6.61 Å². The third-order valence-electron chi connectivity index (χ3n) is 1.04. The first-order chi connectivity index (χ1) is 5.93. The molecule has 0 spiro atoms. The Morgan fingerprint density at radius 1 is 1.07 bits per heavy atom. The summed E-state index contributed by atoms with van der Waals surface area (Å²) in [5.74, 6) is -4.21. The number of carboxylic acids is 3. The van der Waals surface area contributed by atoms with Crippen LogP contribution in [0.3, 0.4) is 0 Å². The summed E-state index contributed by atoms with van der Waals surface area (Å²) in [6.07, 6.45) is -2.38. The number of hydrogen-bond acceptors (Lipinski definition) is 4. The fourth-order valence-corrected chi connectivity index (χ4v) is 0.548. The third-order valence-corrected chi connectivity index (χ3v) is 1.04. The number of rotatable bonds is 6. The molecule has 0 saturated carbocycles. The van der Waals surface area contributed by atoms with E-state index in [9.17, 15) is 14.4 Å². The zero-order valence-electron chi connectivity index (χ0n) is 6.47. The molecule has 0 aliphatic heterocycles. The topological polar surface area (TPSA) is 121 Å². The summed E-state index contributed by atoms with van der Waals surface area (Å²) in [6.45, 7) is -0.829. The molecule has 7 nitrogen and oxygen atoms in total. The van der Waals surface area contributed by atoms with Crippen molar-refractivity contribution in [3.05, 3.63) is 0 Å². The molecule has 0 radical (unpaired) electrons. The summed E-state index contributed by atoms with van der Waals surface area (Å²) in [7, 11) is 0. The third kappa shape index (κ3) is 8.24. The van der Waals surface area contributed by atoms with Gasteiger partial charge in [0.2, 0.25) is 0 Å². The molecule has 0 aromatic carbocycles. The number of carbonyl (C=O) groups is 3. The van der Waals surface area contributed by atoms with Crippen LogP contribution in [0.2, 0.25) is 0 Å². The quantitative estimate of drug-likeness (QED) is 0.459. The van der Waals surface area contributed by atoms with Crippen LogP contribution in [0.4, 0.5) is 0 Å². The van der Waals surface area contributed by atoms with Gasteiger partial charge in [-0.1, -0.05) is 0 Å². The van der Waals surface area contributed by atoms with Crippen LogP contribution in [0, 0.1) is 0 Å². The predicted molar refractivity (Wildman–Crippen MR) is 45.8 cm³/mol. The minimum absolute atomic E-state index is 0. The van der Waals surface area contributed by atoms with Crippen molar-refractivity contribution in [2.75, 3.05) is 6.61 Å². The van der Waals surface area contributed by atoms with Gasteiger partial charge in [0.15, 0.2) is 6.10 Å². The molecular formula is C6H10CaO7. The van der Waals surface area contributed by atoms with E-state index in [0.29, 0.717) is 0 Å². The molecule has 3 N–H and O–H groups in total. The average molecular weight is 234 g/mol. The van der Waals surface area contributed by atoms with E-state index < -0.39 is 37.0 Å². The SMILES string of the molecule is O=C(O)COC(CC(=O)O)C(=O)O.[CaH2]. The van der Waals surface area contributed by atoms with Crippen molar-refractivity contribution in [1.29, 1.82) is 0 Å². The fourth-order valence-electron chi connectivity index (χ4n) is 0.548. The van der Waals surface area contributed by atoms with E-state index >= 15 is 0 Å². The maximum absolute atomic E-state index is 10.3. The van der Waals surface area contributed by atoms with Crippen molar-refractivity contribution < 1.29 is 34.4 Å². The first-order valence-electron chi connectivity index (χ1n) is 3.21. The molecule has 0 bridgehead atoms. The van der Waals surface area contributed by atoms with Crippen molar-refractivity contribution in [2.24, 2.45) is 0 Å². The summed E-state index contributed by atoms with van der Waals surface area (Å²) >= 11 is 0. The zero-order valence-corrected chi connectivity index (χ0v) is 6.47. The van der Waals surface area contributed by atoms with Gasteiger partial charge in [-0.05, 0) is 0 Å². The van der Waals surface area contributed by atoms with E-state index in [1.807, 2.05) is 0 Å². The molecule has 0 aromatic rings. The van der Waals surface area contributed by atoms with Crippen LogP contribution in [0.1, 0.15) is 6.42 Å². The monoisotopic (exact) mass is 234 g/mol. The molecule has 0 heterocycles. The van der Waals surface area contributed by atoms with Gasteiger partial charge >= 0.3 is 55.6 Å². The number of carboxylic acid groups (broad SMARTS) is 3. The second-order valence-electron chi connectivity index (χ2n) is 2.13. The van der Waals surface area contributed by atoms with Crippen LogP contribution in [-0.2, 0) is 19.1 Å². The number of ether oxygens (including phenoxy) is 1. The molecule has 1 unspecified atom stereocenters. The van der Waals surface area contributed by atoms with Gasteiger partial charge in [-0.2, -0.15) is 0 Å². The first-order valence-corrected chi connectivity index (χ1v) is 3.21. The molecule has 0 aliphatic rings. The van der Waals surface area contributed by atoms with Crippen molar-refractivity contribution in [1.82, 2.24) is 0 Å². The Balaban J connectivity index is 0. The summed E-state index contributed by atoms with van der Waals surface area (Å²) in [5, 5.41) is 24.7. The fraction of sp³-hybridized carbons (Fsp3) is 0.500. The molecule has 0 fully saturated rings. The first kappa shape index (κ1) is 16.1. The van der Waals surface area contributed by atoms with E-state index in [1.165, 1.54) is 0 Å². The van der Waals surface area contributed by atoms with Crippen molar-refractivity contribution in [2.45, 2.75) is 12.5 Å².